The quantitative estimate of drug-likeness (QED) is 0.714. The summed E-state index contributed by atoms with van der Waals surface area (Å²) in [6, 6.07) is 0.0705. The van der Waals surface area contributed by atoms with Crippen molar-refractivity contribution in [3.8, 4) is 0 Å². The van der Waals surface area contributed by atoms with Crippen LogP contribution in [0.15, 0.2) is 5.51 Å². The van der Waals surface area contributed by atoms with Gasteiger partial charge in [-0.1, -0.05) is 0 Å². The summed E-state index contributed by atoms with van der Waals surface area (Å²) in [5, 5.41) is 0. The highest BCUT2D eigenvalue weighted by molar-refractivity contribution is 7.09. The Hall–Kier alpha value is -1.10. The number of nitrogens with zero attached hydrogens (tertiary/aromatic N) is 2. The molecule has 0 saturated carbocycles. The monoisotopic (exact) mass is 254 g/mol. The van der Waals surface area contributed by atoms with Crippen LogP contribution in [0.3, 0.4) is 0 Å². The summed E-state index contributed by atoms with van der Waals surface area (Å²) in [4.78, 5) is 19.3. The molecule has 5 heteroatoms. The first kappa shape index (κ1) is 12.4. The first-order chi connectivity index (χ1) is 7.88. The van der Waals surface area contributed by atoms with Gasteiger partial charge in [-0.05, 0) is 27.7 Å². The van der Waals surface area contributed by atoms with Gasteiger partial charge < -0.3 is 9.64 Å². The van der Waals surface area contributed by atoms with E-state index in [-0.39, 0.29) is 12.1 Å². The minimum absolute atomic E-state index is 0.0705. The highest BCUT2D eigenvalue weighted by Crippen LogP contribution is 2.32. The fourth-order valence-corrected chi connectivity index (χ4v) is 2.85. The van der Waals surface area contributed by atoms with Gasteiger partial charge >= 0.3 is 6.09 Å². The molecule has 94 valence electrons. The Morgan fingerprint density at radius 3 is 2.94 bits per heavy atom. The van der Waals surface area contributed by atoms with E-state index in [1.165, 1.54) is 4.88 Å². The van der Waals surface area contributed by atoms with Crippen molar-refractivity contribution in [1.82, 2.24) is 9.88 Å². The van der Waals surface area contributed by atoms with Crippen molar-refractivity contribution < 1.29 is 9.53 Å². The lowest BCUT2D eigenvalue weighted by Gasteiger charge is -2.34. The minimum Gasteiger partial charge on any atom is -0.444 e. The van der Waals surface area contributed by atoms with Gasteiger partial charge in [0.1, 0.15) is 5.60 Å². The van der Waals surface area contributed by atoms with Crippen LogP contribution < -0.4 is 0 Å². The summed E-state index contributed by atoms with van der Waals surface area (Å²) < 4.78 is 5.41. The standard InChI is InChI=1S/C12H18N2O2S/c1-8-10-9(13-7-17-10)5-6-14(8)11(15)16-12(2,3)4/h7-8H,5-6H2,1-4H3. The zero-order chi connectivity index (χ0) is 12.6. The van der Waals surface area contributed by atoms with Crippen LogP contribution in [-0.2, 0) is 11.2 Å². The molecular formula is C12H18N2O2S. The molecule has 1 atom stereocenters. The number of carbonyl (C=O) groups excluding carboxylic acids is 1. The molecule has 0 aliphatic carbocycles. The van der Waals surface area contributed by atoms with E-state index in [9.17, 15) is 4.79 Å². The van der Waals surface area contributed by atoms with Gasteiger partial charge in [-0.15, -0.1) is 11.3 Å². The van der Waals surface area contributed by atoms with Crippen LogP contribution in [0.2, 0.25) is 0 Å². The number of aromatic nitrogens is 1. The predicted octanol–water partition coefficient (Wildman–Crippen LogP) is 3.00. The smallest absolute Gasteiger partial charge is 0.410 e. The van der Waals surface area contributed by atoms with E-state index in [2.05, 4.69) is 4.98 Å². The third-order valence-corrected chi connectivity index (χ3v) is 3.78. The van der Waals surface area contributed by atoms with Gasteiger partial charge in [0.15, 0.2) is 0 Å². The van der Waals surface area contributed by atoms with Crippen LogP contribution in [0.25, 0.3) is 0 Å². The molecule has 0 saturated heterocycles. The average molecular weight is 254 g/mol. The molecule has 1 aromatic heterocycles. The van der Waals surface area contributed by atoms with Gasteiger partial charge in [0.25, 0.3) is 0 Å². The highest BCUT2D eigenvalue weighted by atomic mass is 32.1. The number of thiazole rings is 1. The number of fused-ring (bicyclic) bond motifs is 1. The molecule has 0 bridgehead atoms. The first-order valence-electron chi connectivity index (χ1n) is 5.80. The van der Waals surface area contributed by atoms with E-state index in [1.807, 2.05) is 33.2 Å². The van der Waals surface area contributed by atoms with E-state index in [0.29, 0.717) is 6.54 Å². The van der Waals surface area contributed by atoms with E-state index in [4.69, 9.17) is 4.74 Å². The molecule has 0 fully saturated rings. The van der Waals surface area contributed by atoms with Crippen LogP contribution >= 0.6 is 11.3 Å². The van der Waals surface area contributed by atoms with Gasteiger partial charge in [0, 0.05) is 13.0 Å². The Morgan fingerprint density at radius 2 is 2.29 bits per heavy atom. The molecule has 0 aromatic carbocycles. The van der Waals surface area contributed by atoms with E-state index < -0.39 is 5.60 Å². The summed E-state index contributed by atoms with van der Waals surface area (Å²) in [5.74, 6) is 0. The van der Waals surface area contributed by atoms with Crippen molar-refractivity contribution in [2.75, 3.05) is 6.54 Å². The maximum atomic E-state index is 12.0. The number of ether oxygens (including phenoxy) is 1. The second-order valence-electron chi connectivity index (χ2n) is 5.26. The number of amides is 1. The van der Waals surface area contributed by atoms with Crippen molar-refractivity contribution in [3.05, 3.63) is 16.1 Å². The summed E-state index contributed by atoms with van der Waals surface area (Å²) in [6.07, 6.45) is 0.589. The lowest BCUT2D eigenvalue weighted by Crippen LogP contribution is -2.41. The molecule has 1 aliphatic rings. The van der Waals surface area contributed by atoms with Crippen LogP contribution in [0, 0.1) is 0 Å². The molecule has 4 nitrogen and oxygen atoms in total. The maximum Gasteiger partial charge on any atom is 0.410 e. The van der Waals surface area contributed by atoms with Crippen molar-refractivity contribution in [3.63, 3.8) is 0 Å². The van der Waals surface area contributed by atoms with E-state index >= 15 is 0 Å². The van der Waals surface area contributed by atoms with Gasteiger partial charge in [0.2, 0.25) is 0 Å². The average Bonchev–Trinajstić information content (AvgIpc) is 2.63. The fraction of sp³-hybridized carbons (Fsp3) is 0.667. The second kappa shape index (κ2) is 4.29. The van der Waals surface area contributed by atoms with Gasteiger partial charge in [0.05, 0.1) is 22.1 Å². The number of hydrogen-bond acceptors (Lipinski definition) is 4. The largest absolute Gasteiger partial charge is 0.444 e. The molecular weight excluding hydrogens is 236 g/mol. The zero-order valence-corrected chi connectivity index (χ0v) is 11.5. The third-order valence-electron chi connectivity index (χ3n) is 2.74. The predicted molar refractivity (Wildman–Crippen MR) is 67.2 cm³/mol. The summed E-state index contributed by atoms with van der Waals surface area (Å²) >= 11 is 1.61. The maximum absolute atomic E-state index is 12.0. The van der Waals surface area contributed by atoms with Gasteiger partial charge in [-0.2, -0.15) is 0 Å². The number of carbonyl (C=O) groups is 1. The van der Waals surface area contributed by atoms with Crippen LogP contribution in [0.4, 0.5) is 4.79 Å². The van der Waals surface area contributed by atoms with Crippen molar-refractivity contribution >= 4 is 17.4 Å². The van der Waals surface area contributed by atoms with Crippen molar-refractivity contribution in [2.24, 2.45) is 0 Å². The zero-order valence-electron chi connectivity index (χ0n) is 10.7. The molecule has 0 N–H and O–H groups in total. The Labute approximate surface area is 106 Å². The van der Waals surface area contributed by atoms with E-state index in [1.54, 1.807) is 16.2 Å². The molecule has 1 aromatic rings. The minimum atomic E-state index is -0.440. The molecule has 1 amide bonds. The normalized spacial score (nSPS) is 20.0. The molecule has 1 unspecified atom stereocenters. The van der Waals surface area contributed by atoms with E-state index in [0.717, 1.165) is 12.1 Å². The molecule has 2 heterocycles. The SMILES string of the molecule is CC1c2scnc2CCN1C(=O)OC(C)(C)C. The van der Waals surface area contributed by atoms with Crippen molar-refractivity contribution in [2.45, 2.75) is 45.8 Å². The topological polar surface area (TPSA) is 42.4 Å². The molecule has 1 aliphatic heterocycles. The lowest BCUT2D eigenvalue weighted by molar-refractivity contribution is 0.0162. The van der Waals surface area contributed by atoms with Gasteiger partial charge in [-0.3, -0.25) is 0 Å². The molecule has 17 heavy (non-hydrogen) atoms. The van der Waals surface area contributed by atoms with Crippen molar-refractivity contribution in [1.29, 1.82) is 0 Å². The molecule has 2 rings (SSSR count). The second-order valence-corrected chi connectivity index (χ2v) is 6.15. The van der Waals surface area contributed by atoms with Crippen LogP contribution in [0.1, 0.15) is 44.3 Å². The Kier molecular flexibility index (Phi) is 3.12. The van der Waals surface area contributed by atoms with Gasteiger partial charge in [-0.25, -0.2) is 9.78 Å². The van der Waals surface area contributed by atoms with Crippen LogP contribution in [-0.4, -0.2) is 28.1 Å². The summed E-state index contributed by atoms with van der Waals surface area (Å²) in [7, 11) is 0. The Morgan fingerprint density at radius 1 is 1.59 bits per heavy atom. The number of rotatable bonds is 0. The first-order valence-corrected chi connectivity index (χ1v) is 6.68. The Bertz CT molecular complexity index is 422. The third kappa shape index (κ3) is 2.60. The van der Waals surface area contributed by atoms with Crippen LogP contribution in [0.5, 0.6) is 0 Å². The fourth-order valence-electron chi connectivity index (χ4n) is 1.94. The lowest BCUT2D eigenvalue weighted by atomic mass is 10.1. The summed E-state index contributed by atoms with van der Waals surface area (Å²) in [5.41, 5.74) is 2.53. The highest BCUT2D eigenvalue weighted by Gasteiger charge is 2.32. The molecule has 0 spiro atoms. The molecule has 0 radical (unpaired) electrons. The number of hydrogen-bond donors (Lipinski definition) is 0. The Balaban J connectivity index is 2.12. The summed E-state index contributed by atoms with van der Waals surface area (Å²) in [6.45, 7) is 8.37.